The number of benzene rings is 2. The van der Waals surface area contributed by atoms with Crippen LogP contribution in [0.2, 0.25) is 10.0 Å². The number of sulfonamides is 1. The van der Waals surface area contributed by atoms with Crippen LogP contribution in [0.25, 0.3) is 0 Å². The minimum Gasteiger partial charge on any atom is -0.482 e. The van der Waals surface area contributed by atoms with Crippen molar-refractivity contribution in [2.75, 3.05) is 38.2 Å². The summed E-state index contributed by atoms with van der Waals surface area (Å²) in [7, 11) is -3.98. The number of ether oxygens (including phenoxy) is 2. The lowest BCUT2D eigenvalue weighted by atomic mass is 10.2. The summed E-state index contributed by atoms with van der Waals surface area (Å²) in [6.07, 6.45) is -4.62. The fraction of sp³-hybridized carbons (Fsp3) is 0.316. The van der Waals surface area contributed by atoms with Crippen LogP contribution in [0.4, 0.5) is 18.9 Å². The first-order valence-electron chi connectivity index (χ1n) is 9.15. The van der Waals surface area contributed by atoms with Gasteiger partial charge in [0, 0.05) is 18.1 Å². The van der Waals surface area contributed by atoms with Crippen LogP contribution in [0.1, 0.15) is 5.56 Å². The molecule has 0 saturated carbocycles. The summed E-state index contributed by atoms with van der Waals surface area (Å²) in [6.45, 7) is 0.0672. The number of carbonyl (C=O) groups excluding carboxylic acids is 1. The lowest BCUT2D eigenvalue weighted by molar-refractivity contribution is -0.137. The van der Waals surface area contributed by atoms with Gasteiger partial charge in [-0.1, -0.05) is 23.2 Å². The van der Waals surface area contributed by atoms with E-state index >= 15 is 0 Å². The van der Waals surface area contributed by atoms with Crippen LogP contribution < -0.4 is 10.1 Å². The van der Waals surface area contributed by atoms with Crippen LogP contribution in [0, 0.1) is 0 Å². The third-order valence-corrected chi connectivity index (χ3v) is 6.90. The van der Waals surface area contributed by atoms with Gasteiger partial charge in [-0.3, -0.25) is 4.79 Å². The quantitative estimate of drug-likeness (QED) is 0.630. The van der Waals surface area contributed by atoms with Crippen molar-refractivity contribution >= 4 is 44.8 Å². The maximum Gasteiger partial charge on any atom is 0.416 e. The Morgan fingerprint density at radius 3 is 2.47 bits per heavy atom. The number of anilines is 1. The molecule has 0 bridgehead atoms. The number of amides is 1. The zero-order chi connectivity index (χ0) is 23.5. The molecule has 1 aliphatic heterocycles. The smallest absolute Gasteiger partial charge is 0.416 e. The number of carbonyl (C=O) groups is 1. The molecule has 1 N–H and O–H groups in total. The Morgan fingerprint density at radius 2 is 1.81 bits per heavy atom. The Bertz CT molecular complexity index is 1110. The van der Waals surface area contributed by atoms with Crippen LogP contribution in [0.15, 0.2) is 41.3 Å². The Hall–Kier alpha value is -2.05. The van der Waals surface area contributed by atoms with E-state index in [1.54, 1.807) is 0 Å². The van der Waals surface area contributed by atoms with Gasteiger partial charge in [0.1, 0.15) is 10.6 Å². The molecule has 32 heavy (non-hydrogen) atoms. The highest BCUT2D eigenvalue weighted by molar-refractivity contribution is 7.89. The number of halogens is 5. The lowest BCUT2D eigenvalue weighted by Gasteiger charge is -2.26. The van der Waals surface area contributed by atoms with Crippen molar-refractivity contribution in [2.24, 2.45) is 0 Å². The van der Waals surface area contributed by atoms with E-state index in [-0.39, 0.29) is 52.7 Å². The second kappa shape index (κ2) is 9.84. The van der Waals surface area contributed by atoms with Gasteiger partial charge in [-0.05, 0) is 36.4 Å². The molecule has 1 fully saturated rings. The van der Waals surface area contributed by atoms with Gasteiger partial charge < -0.3 is 14.8 Å². The molecular formula is C19H17Cl2F3N2O5S. The van der Waals surface area contributed by atoms with E-state index in [2.05, 4.69) is 5.32 Å². The molecule has 2 aromatic rings. The van der Waals surface area contributed by atoms with E-state index in [4.69, 9.17) is 32.7 Å². The molecule has 0 atom stereocenters. The van der Waals surface area contributed by atoms with Crippen LogP contribution in [-0.4, -0.2) is 51.5 Å². The van der Waals surface area contributed by atoms with E-state index in [1.807, 2.05) is 0 Å². The van der Waals surface area contributed by atoms with E-state index < -0.39 is 34.3 Å². The summed E-state index contributed by atoms with van der Waals surface area (Å²) in [5.41, 5.74) is -1.25. The average molecular weight is 513 g/mol. The van der Waals surface area contributed by atoms with Crippen molar-refractivity contribution in [1.82, 2.24) is 4.31 Å². The maximum absolute atomic E-state index is 13.0. The predicted molar refractivity (Wildman–Crippen MR) is 112 cm³/mol. The average Bonchev–Trinajstić information content (AvgIpc) is 2.74. The van der Waals surface area contributed by atoms with Gasteiger partial charge in [0.05, 0.1) is 29.5 Å². The van der Waals surface area contributed by atoms with Crippen molar-refractivity contribution in [3.05, 3.63) is 52.0 Å². The summed E-state index contributed by atoms with van der Waals surface area (Å²) in [5, 5.41) is 2.27. The highest BCUT2D eigenvalue weighted by Gasteiger charge is 2.32. The number of alkyl halides is 3. The van der Waals surface area contributed by atoms with Crippen molar-refractivity contribution in [3.63, 3.8) is 0 Å². The molecule has 0 aliphatic carbocycles. The summed E-state index contributed by atoms with van der Waals surface area (Å²) in [4.78, 5) is 12.0. The summed E-state index contributed by atoms with van der Waals surface area (Å²) in [5.74, 6) is -0.970. The predicted octanol–water partition coefficient (Wildman–Crippen LogP) is 4.05. The molecule has 1 aliphatic rings. The Morgan fingerprint density at radius 1 is 1.12 bits per heavy atom. The summed E-state index contributed by atoms with van der Waals surface area (Å²) in [6, 6.07) is 6.36. The molecule has 0 spiro atoms. The third-order valence-electron chi connectivity index (χ3n) is 4.42. The molecule has 0 unspecified atom stereocenters. The molecule has 0 radical (unpaired) electrons. The minimum atomic E-state index is -4.62. The van der Waals surface area contributed by atoms with Crippen LogP contribution in [0.3, 0.4) is 0 Å². The normalized spacial score (nSPS) is 15.4. The molecule has 2 aromatic carbocycles. The SMILES string of the molecule is O=C(COc1ccc(Cl)cc1S(=O)(=O)N1CCOCC1)Nc1cc(C(F)(F)F)ccc1Cl. The van der Waals surface area contributed by atoms with Gasteiger partial charge in [-0.15, -0.1) is 0 Å². The molecular weight excluding hydrogens is 496 g/mol. The number of morpholine rings is 1. The molecule has 7 nitrogen and oxygen atoms in total. The highest BCUT2D eigenvalue weighted by Crippen LogP contribution is 2.34. The second-order valence-corrected chi connectivity index (χ2v) is 9.39. The van der Waals surface area contributed by atoms with Gasteiger partial charge in [0.2, 0.25) is 10.0 Å². The van der Waals surface area contributed by atoms with E-state index in [0.717, 1.165) is 12.1 Å². The van der Waals surface area contributed by atoms with E-state index in [1.165, 1.54) is 22.5 Å². The van der Waals surface area contributed by atoms with Gasteiger partial charge in [0.25, 0.3) is 5.91 Å². The van der Waals surface area contributed by atoms with E-state index in [9.17, 15) is 26.4 Å². The fourth-order valence-corrected chi connectivity index (χ4v) is 4.82. The number of hydrogen-bond donors (Lipinski definition) is 1. The number of nitrogens with one attached hydrogen (secondary N) is 1. The molecule has 3 rings (SSSR count). The largest absolute Gasteiger partial charge is 0.482 e. The summed E-state index contributed by atoms with van der Waals surface area (Å²) < 4.78 is 76.4. The van der Waals surface area contributed by atoms with Crippen LogP contribution in [-0.2, 0) is 25.7 Å². The zero-order valence-corrected chi connectivity index (χ0v) is 18.6. The standard InChI is InChI=1S/C19H17Cl2F3N2O5S/c20-13-2-4-16(17(10-13)32(28,29)26-5-7-30-8-6-26)31-11-18(27)25-15-9-12(19(22,23)24)1-3-14(15)21/h1-4,9-10H,5-8,11H2,(H,25,27). The van der Waals surface area contributed by atoms with Crippen molar-refractivity contribution in [2.45, 2.75) is 11.1 Å². The second-order valence-electron chi connectivity index (χ2n) is 6.64. The van der Waals surface area contributed by atoms with Gasteiger partial charge in [0.15, 0.2) is 6.61 Å². The van der Waals surface area contributed by atoms with Crippen molar-refractivity contribution in [1.29, 1.82) is 0 Å². The Kier molecular flexibility index (Phi) is 7.56. The maximum atomic E-state index is 13.0. The molecule has 174 valence electrons. The molecule has 1 amide bonds. The van der Waals surface area contributed by atoms with Crippen molar-refractivity contribution in [3.8, 4) is 5.75 Å². The molecule has 0 aromatic heterocycles. The molecule has 13 heteroatoms. The highest BCUT2D eigenvalue weighted by atomic mass is 35.5. The lowest BCUT2D eigenvalue weighted by Crippen LogP contribution is -2.40. The van der Waals surface area contributed by atoms with Crippen LogP contribution in [0.5, 0.6) is 5.75 Å². The number of nitrogens with zero attached hydrogens (tertiary/aromatic N) is 1. The number of hydrogen-bond acceptors (Lipinski definition) is 5. The fourth-order valence-electron chi connectivity index (χ4n) is 2.86. The van der Waals surface area contributed by atoms with E-state index in [0.29, 0.717) is 6.07 Å². The first-order valence-corrected chi connectivity index (χ1v) is 11.3. The third kappa shape index (κ3) is 5.84. The summed E-state index contributed by atoms with van der Waals surface area (Å²) >= 11 is 11.8. The Labute approximate surface area is 192 Å². The molecule has 1 saturated heterocycles. The van der Waals surface area contributed by atoms with Gasteiger partial charge in [-0.2, -0.15) is 17.5 Å². The first-order chi connectivity index (χ1) is 15.0. The Balaban J connectivity index is 1.76. The van der Waals surface area contributed by atoms with Gasteiger partial charge in [-0.25, -0.2) is 8.42 Å². The monoisotopic (exact) mass is 512 g/mol. The van der Waals surface area contributed by atoms with Crippen LogP contribution >= 0.6 is 23.2 Å². The topological polar surface area (TPSA) is 84.9 Å². The first kappa shape index (κ1) is 24.6. The zero-order valence-electron chi connectivity index (χ0n) is 16.3. The molecule has 1 heterocycles. The minimum absolute atomic E-state index is 0.103. The van der Waals surface area contributed by atoms with Crippen molar-refractivity contribution < 1.29 is 35.9 Å². The van der Waals surface area contributed by atoms with Gasteiger partial charge >= 0.3 is 6.18 Å². The number of rotatable bonds is 6.